The van der Waals surface area contributed by atoms with Crippen LogP contribution in [-0.4, -0.2) is 96.7 Å². The first-order valence-electron chi connectivity index (χ1n) is 43.5. The molecule has 0 spiro atoms. The molecule has 0 aromatic carbocycles. The molecule has 0 aromatic rings. The quantitative estimate of drug-likeness (QED) is 0.0222. The first-order valence-corrected chi connectivity index (χ1v) is 46.5. The van der Waals surface area contributed by atoms with E-state index in [0.29, 0.717) is 25.7 Å². The highest BCUT2D eigenvalue weighted by Crippen LogP contribution is 2.45. The Labute approximate surface area is 632 Å². The van der Waals surface area contributed by atoms with Crippen molar-refractivity contribution in [2.45, 2.75) is 464 Å². The molecule has 0 aliphatic rings. The van der Waals surface area contributed by atoms with Crippen molar-refractivity contribution in [3.63, 3.8) is 0 Å². The van der Waals surface area contributed by atoms with Crippen LogP contribution < -0.4 is 0 Å². The number of aliphatic hydroxyl groups is 1. The molecule has 0 aliphatic heterocycles. The zero-order valence-electron chi connectivity index (χ0n) is 67.6. The average Bonchev–Trinajstić information content (AvgIpc) is 0.939. The zero-order valence-corrected chi connectivity index (χ0v) is 69.4. The fraction of sp³-hybridized carbons (Fsp3) is 0.952. The summed E-state index contributed by atoms with van der Waals surface area (Å²) in [7, 11) is -9.92. The first-order chi connectivity index (χ1) is 49.9. The van der Waals surface area contributed by atoms with Crippen molar-refractivity contribution < 1.29 is 80.2 Å². The summed E-state index contributed by atoms with van der Waals surface area (Å²) in [6.07, 6.45) is 66.7. The Hall–Kier alpha value is -1.94. The number of aliphatic hydroxyl groups excluding tert-OH is 1. The molecular weight excluding hydrogens is 1340 g/mol. The number of phosphoric acid groups is 2. The van der Waals surface area contributed by atoms with Crippen molar-refractivity contribution in [2.24, 2.45) is 11.8 Å². The van der Waals surface area contributed by atoms with Gasteiger partial charge >= 0.3 is 39.5 Å². The maximum Gasteiger partial charge on any atom is 0.472 e. The van der Waals surface area contributed by atoms with Crippen molar-refractivity contribution in [1.82, 2.24) is 0 Å². The van der Waals surface area contributed by atoms with E-state index in [0.717, 1.165) is 108 Å². The average molecular weight is 1510 g/mol. The second kappa shape index (κ2) is 75.5. The predicted octanol–water partition coefficient (Wildman–Crippen LogP) is 25.5. The van der Waals surface area contributed by atoms with E-state index in [1.807, 2.05) is 0 Å². The van der Waals surface area contributed by atoms with E-state index in [9.17, 15) is 43.2 Å². The zero-order chi connectivity index (χ0) is 75.6. The Balaban J connectivity index is 5.23. The van der Waals surface area contributed by atoms with Gasteiger partial charge in [0.15, 0.2) is 12.2 Å². The van der Waals surface area contributed by atoms with Gasteiger partial charge in [0.2, 0.25) is 0 Å². The van der Waals surface area contributed by atoms with Crippen LogP contribution in [0, 0.1) is 11.8 Å². The van der Waals surface area contributed by atoms with Crippen molar-refractivity contribution in [3.8, 4) is 0 Å². The number of carbonyl (C=O) groups excluding carboxylic acids is 4. The van der Waals surface area contributed by atoms with E-state index in [4.69, 9.17) is 37.0 Å². The van der Waals surface area contributed by atoms with E-state index >= 15 is 0 Å². The fourth-order valence-electron chi connectivity index (χ4n) is 13.0. The Morgan fingerprint density at radius 1 is 0.282 bits per heavy atom. The molecule has 17 nitrogen and oxygen atoms in total. The van der Waals surface area contributed by atoms with Gasteiger partial charge in [-0.05, 0) is 37.5 Å². The van der Waals surface area contributed by atoms with Gasteiger partial charge in [-0.1, -0.05) is 395 Å². The first kappa shape index (κ1) is 101. The van der Waals surface area contributed by atoms with Gasteiger partial charge in [0.25, 0.3) is 0 Å². The van der Waals surface area contributed by atoms with Crippen LogP contribution in [0.15, 0.2) is 0 Å². The topological polar surface area (TPSA) is 237 Å². The van der Waals surface area contributed by atoms with Gasteiger partial charge in [-0.15, -0.1) is 0 Å². The van der Waals surface area contributed by atoms with E-state index in [-0.39, 0.29) is 25.7 Å². The monoisotopic (exact) mass is 1510 g/mol. The molecule has 0 radical (unpaired) electrons. The SMILES string of the molecule is CCCCCCCCCCCCCCCCCCCCCCC(=O)O[C@H](COC(=O)CCCCCCCCCCCCCCCCCCC(C)C)COP(=O)(O)OC[C@@H](O)COP(=O)(O)OC[C@@H](COC(=O)CCCCCCCCC(C)CC)OC(=O)CCCCCCCCCCCCCCCC. The number of esters is 4. The summed E-state index contributed by atoms with van der Waals surface area (Å²) in [5, 5.41) is 10.7. The van der Waals surface area contributed by atoms with Crippen LogP contribution in [0.2, 0.25) is 0 Å². The van der Waals surface area contributed by atoms with Gasteiger partial charge < -0.3 is 33.8 Å². The number of rotatable bonds is 83. The smallest absolute Gasteiger partial charge is 0.462 e. The maximum absolute atomic E-state index is 13.1. The second-order valence-corrected chi connectivity index (χ2v) is 33.8. The lowest BCUT2D eigenvalue weighted by Gasteiger charge is -2.21. The van der Waals surface area contributed by atoms with E-state index in [2.05, 4.69) is 41.5 Å². The highest BCUT2D eigenvalue weighted by atomic mass is 31.2. The molecule has 0 amide bonds. The molecule has 0 fully saturated rings. The minimum absolute atomic E-state index is 0.107. The number of unbranched alkanes of at least 4 members (excludes halogenated alkanes) is 52. The summed E-state index contributed by atoms with van der Waals surface area (Å²) >= 11 is 0. The number of hydrogen-bond acceptors (Lipinski definition) is 15. The summed E-state index contributed by atoms with van der Waals surface area (Å²) in [5.41, 5.74) is 0. The minimum atomic E-state index is -4.96. The number of carbonyl (C=O) groups is 4. The summed E-state index contributed by atoms with van der Waals surface area (Å²) < 4.78 is 68.8. The van der Waals surface area contributed by atoms with Crippen LogP contribution in [0.1, 0.15) is 446 Å². The third kappa shape index (κ3) is 76.6. The van der Waals surface area contributed by atoms with Crippen molar-refractivity contribution in [1.29, 1.82) is 0 Å². The largest absolute Gasteiger partial charge is 0.472 e. The maximum atomic E-state index is 13.1. The van der Waals surface area contributed by atoms with Gasteiger partial charge in [0.1, 0.15) is 19.3 Å². The van der Waals surface area contributed by atoms with Crippen molar-refractivity contribution >= 4 is 39.5 Å². The molecule has 19 heteroatoms. The summed E-state index contributed by atoms with van der Waals surface area (Å²) in [6, 6.07) is 0. The third-order valence-electron chi connectivity index (χ3n) is 20.1. The molecule has 612 valence electrons. The van der Waals surface area contributed by atoms with Crippen LogP contribution in [0.25, 0.3) is 0 Å². The van der Waals surface area contributed by atoms with Crippen LogP contribution >= 0.6 is 15.6 Å². The molecular formula is C84H164O17P2. The molecule has 103 heavy (non-hydrogen) atoms. The molecule has 3 N–H and O–H groups in total. The minimum Gasteiger partial charge on any atom is -0.462 e. The Kier molecular flexibility index (Phi) is 74.1. The summed E-state index contributed by atoms with van der Waals surface area (Å²) in [4.78, 5) is 73.1. The normalized spacial score (nSPS) is 14.1. The van der Waals surface area contributed by atoms with Crippen molar-refractivity contribution in [3.05, 3.63) is 0 Å². The van der Waals surface area contributed by atoms with Gasteiger partial charge in [-0.3, -0.25) is 37.3 Å². The van der Waals surface area contributed by atoms with Gasteiger partial charge in [0.05, 0.1) is 26.4 Å². The molecule has 3 unspecified atom stereocenters. The lowest BCUT2D eigenvalue weighted by atomic mass is 10.00. The second-order valence-electron chi connectivity index (χ2n) is 30.9. The number of ether oxygens (including phenoxy) is 4. The molecule has 0 rings (SSSR count). The molecule has 0 saturated heterocycles. The van der Waals surface area contributed by atoms with E-state index < -0.39 is 97.5 Å². The highest BCUT2D eigenvalue weighted by Gasteiger charge is 2.30. The number of phosphoric ester groups is 2. The molecule has 0 aliphatic carbocycles. The van der Waals surface area contributed by atoms with E-state index in [1.165, 1.54) is 257 Å². The Morgan fingerprint density at radius 2 is 0.495 bits per heavy atom. The molecule has 0 aromatic heterocycles. The van der Waals surface area contributed by atoms with Crippen LogP contribution in [0.5, 0.6) is 0 Å². The third-order valence-corrected chi connectivity index (χ3v) is 22.0. The molecule has 0 saturated carbocycles. The fourth-order valence-corrected chi connectivity index (χ4v) is 14.6. The summed E-state index contributed by atoms with van der Waals surface area (Å²) in [6.45, 7) is 9.65. The molecule has 0 heterocycles. The standard InChI is InChI=1S/C84H164O17P2/c1-7-10-12-14-16-18-20-22-24-25-26-27-28-33-37-41-45-49-57-63-69-83(88)100-79(72-94-81(86)66-60-54-47-43-39-36-32-30-29-31-34-38-42-46-52-58-64-76(4)5)74-98-102(90,91)96-70-78(85)71-97-103(92,93)99-75-80(73-95-82(87)67-61-55-51-50-53-59-65-77(6)9-3)101-84(89)68-62-56-48-44-40-35-23-21-19-17-15-13-11-8-2/h76-80,85H,7-75H2,1-6H3,(H,90,91)(H,92,93)/t77?,78-,79-,80-/m1/s1. The lowest BCUT2D eigenvalue weighted by Crippen LogP contribution is -2.30. The van der Waals surface area contributed by atoms with Crippen molar-refractivity contribution in [2.75, 3.05) is 39.6 Å². The van der Waals surface area contributed by atoms with Crippen LogP contribution in [-0.2, 0) is 65.4 Å². The Morgan fingerprint density at radius 3 is 0.738 bits per heavy atom. The highest BCUT2D eigenvalue weighted by molar-refractivity contribution is 7.47. The summed E-state index contributed by atoms with van der Waals surface area (Å²) in [5.74, 6) is -0.562. The molecule has 0 bridgehead atoms. The predicted molar refractivity (Wildman–Crippen MR) is 423 cm³/mol. The van der Waals surface area contributed by atoms with Crippen LogP contribution in [0.4, 0.5) is 0 Å². The van der Waals surface area contributed by atoms with Gasteiger partial charge in [-0.25, -0.2) is 9.13 Å². The van der Waals surface area contributed by atoms with E-state index in [1.54, 1.807) is 0 Å². The molecule has 6 atom stereocenters. The lowest BCUT2D eigenvalue weighted by molar-refractivity contribution is -0.161. The van der Waals surface area contributed by atoms with Gasteiger partial charge in [-0.2, -0.15) is 0 Å². The Bertz CT molecular complexity index is 1980. The van der Waals surface area contributed by atoms with Crippen LogP contribution in [0.3, 0.4) is 0 Å². The van der Waals surface area contributed by atoms with Gasteiger partial charge in [0, 0.05) is 25.7 Å². The number of hydrogen-bond donors (Lipinski definition) is 3.